The number of carboxylic acid groups (broad SMARTS) is 1. The van der Waals surface area contributed by atoms with E-state index in [1.54, 1.807) is 6.08 Å². The van der Waals surface area contributed by atoms with Crippen LogP contribution in [0, 0.1) is 5.92 Å². The van der Waals surface area contributed by atoms with Gasteiger partial charge in [0.15, 0.2) is 0 Å². The van der Waals surface area contributed by atoms with Gasteiger partial charge < -0.3 is 19.7 Å². The molecule has 0 unspecified atom stereocenters. The number of hydrogen-bond acceptors (Lipinski definition) is 4. The number of hydrogen-bond donors (Lipinski definition) is 2. The van der Waals surface area contributed by atoms with E-state index in [0.29, 0.717) is 19.4 Å². The molecule has 1 aliphatic heterocycles. The molecule has 0 amide bonds. The minimum Gasteiger partial charge on any atom is -0.475 e. The Morgan fingerprint density at radius 3 is 2.72 bits per heavy atom. The van der Waals surface area contributed by atoms with Gasteiger partial charge in [-0.25, -0.2) is 4.79 Å². The number of ether oxygens (including phenoxy) is 2. The first-order chi connectivity index (χ1) is 14.1. The second-order valence-electron chi connectivity index (χ2n) is 7.58. The van der Waals surface area contributed by atoms with E-state index in [9.17, 15) is 15.0 Å². The summed E-state index contributed by atoms with van der Waals surface area (Å²) in [6.45, 7) is 2.38. The molecule has 4 rings (SSSR count). The number of allylic oxidation sites excluding steroid dienone is 1. The van der Waals surface area contributed by atoms with E-state index >= 15 is 0 Å². The van der Waals surface area contributed by atoms with Crippen LogP contribution in [-0.2, 0) is 20.7 Å². The monoisotopic (exact) mass is 394 g/mol. The summed E-state index contributed by atoms with van der Waals surface area (Å²) in [5, 5.41) is 18.9. The maximum Gasteiger partial charge on any atom is 0.370 e. The number of carbonyl (C=O) groups is 1. The molecular weight excluding hydrogens is 368 g/mol. The van der Waals surface area contributed by atoms with Gasteiger partial charge in [-0.1, -0.05) is 42.5 Å². The zero-order valence-electron chi connectivity index (χ0n) is 16.5. The molecule has 2 N–H and O–H groups in total. The lowest BCUT2D eigenvalue weighted by Gasteiger charge is -2.36. The SMILES string of the molecule is CCO[C@H]1OC(C(=O)O)=C[C@@H](c2ccc3c(c2)Cc2ccccc2-3)[C@@H]1CCCO. The molecule has 3 atom stereocenters. The Hall–Kier alpha value is -2.63. The van der Waals surface area contributed by atoms with Crippen molar-refractivity contribution in [2.75, 3.05) is 13.2 Å². The third kappa shape index (κ3) is 3.80. The third-order valence-corrected chi connectivity index (χ3v) is 5.82. The molecule has 0 fully saturated rings. The summed E-state index contributed by atoms with van der Waals surface area (Å²) in [6, 6.07) is 14.8. The molecule has 0 saturated carbocycles. The van der Waals surface area contributed by atoms with Crippen LogP contribution in [0.5, 0.6) is 0 Å². The van der Waals surface area contributed by atoms with E-state index in [1.807, 2.05) is 6.92 Å². The fourth-order valence-corrected chi connectivity index (χ4v) is 4.51. The quantitative estimate of drug-likeness (QED) is 0.631. The Morgan fingerprint density at radius 1 is 1.17 bits per heavy atom. The highest BCUT2D eigenvalue weighted by Gasteiger charge is 2.38. The molecule has 152 valence electrons. The van der Waals surface area contributed by atoms with Gasteiger partial charge in [0.25, 0.3) is 0 Å². The van der Waals surface area contributed by atoms with Crippen LogP contribution in [-0.4, -0.2) is 35.7 Å². The van der Waals surface area contributed by atoms with Crippen molar-refractivity contribution in [2.24, 2.45) is 5.92 Å². The van der Waals surface area contributed by atoms with Gasteiger partial charge in [0.05, 0.1) is 0 Å². The van der Waals surface area contributed by atoms with E-state index in [2.05, 4.69) is 42.5 Å². The highest BCUT2D eigenvalue weighted by Crippen LogP contribution is 2.43. The molecule has 2 aromatic carbocycles. The van der Waals surface area contributed by atoms with Gasteiger partial charge in [0.2, 0.25) is 12.0 Å². The van der Waals surface area contributed by atoms with Crippen molar-refractivity contribution < 1.29 is 24.5 Å². The topological polar surface area (TPSA) is 76.0 Å². The Balaban J connectivity index is 1.72. The van der Waals surface area contributed by atoms with Crippen LogP contribution in [0.15, 0.2) is 54.3 Å². The lowest BCUT2D eigenvalue weighted by atomic mass is 9.80. The highest BCUT2D eigenvalue weighted by molar-refractivity contribution is 5.84. The molecule has 0 aromatic heterocycles. The fraction of sp³-hybridized carbons (Fsp3) is 0.375. The molecule has 29 heavy (non-hydrogen) atoms. The van der Waals surface area contributed by atoms with Gasteiger partial charge in [-0.15, -0.1) is 0 Å². The summed E-state index contributed by atoms with van der Waals surface area (Å²) in [4.78, 5) is 11.6. The summed E-state index contributed by atoms with van der Waals surface area (Å²) in [6.07, 6.45) is 3.24. The van der Waals surface area contributed by atoms with E-state index in [0.717, 1.165) is 12.0 Å². The van der Waals surface area contributed by atoms with E-state index in [1.165, 1.54) is 22.3 Å². The minimum absolute atomic E-state index is 0.0629. The Kier molecular flexibility index (Phi) is 5.69. The molecule has 2 aliphatic rings. The summed E-state index contributed by atoms with van der Waals surface area (Å²) >= 11 is 0. The summed E-state index contributed by atoms with van der Waals surface area (Å²) < 4.78 is 11.4. The van der Waals surface area contributed by atoms with Gasteiger partial charge in [-0.3, -0.25) is 0 Å². The maximum absolute atomic E-state index is 11.6. The highest BCUT2D eigenvalue weighted by atomic mass is 16.7. The maximum atomic E-state index is 11.6. The number of aliphatic hydroxyl groups excluding tert-OH is 1. The average Bonchev–Trinajstić information content (AvgIpc) is 3.10. The van der Waals surface area contributed by atoms with Crippen molar-refractivity contribution in [1.29, 1.82) is 0 Å². The van der Waals surface area contributed by atoms with E-state index in [4.69, 9.17) is 9.47 Å². The molecule has 1 aliphatic carbocycles. The molecule has 5 heteroatoms. The number of rotatable bonds is 7. The van der Waals surface area contributed by atoms with E-state index in [-0.39, 0.29) is 24.2 Å². The lowest BCUT2D eigenvalue weighted by molar-refractivity contribution is -0.173. The van der Waals surface area contributed by atoms with E-state index < -0.39 is 12.3 Å². The molecule has 2 aromatic rings. The van der Waals surface area contributed by atoms with Crippen molar-refractivity contribution in [3.8, 4) is 11.1 Å². The van der Waals surface area contributed by atoms with Gasteiger partial charge >= 0.3 is 5.97 Å². The van der Waals surface area contributed by atoms with Crippen LogP contribution in [0.1, 0.15) is 42.4 Å². The fourth-order valence-electron chi connectivity index (χ4n) is 4.51. The second kappa shape index (κ2) is 8.39. The van der Waals surface area contributed by atoms with Crippen molar-refractivity contribution in [3.05, 3.63) is 71.0 Å². The summed E-state index contributed by atoms with van der Waals surface area (Å²) in [5.41, 5.74) is 6.15. The van der Waals surface area contributed by atoms with Crippen molar-refractivity contribution in [1.82, 2.24) is 0 Å². The summed E-state index contributed by atoms with van der Waals surface area (Å²) in [5.74, 6) is -1.37. The number of fused-ring (bicyclic) bond motifs is 3. The smallest absolute Gasteiger partial charge is 0.370 e. The molecule has 1 heterocycles. The molecular formula is C24H26O5. The van der Waals surface area contributed by atoms with Crippen LogP contribution in [0.2, 0.25) is 0 Å². The summed E-state index contributed by atoms with van der Waals surface area (Å²) in [7, 11) is 0. The van der Waals surface area contributed by atoms with Crippen molar-refractivity contribution in [2.45, 2.75) is 38.4 Å². The van der Waals surface area contributed by atoms with Crippen LogP contribution in [0.3, 0.4) is 0 Å². The first kappa shape index (κ1) is 19.7. The number of carboxylic acids is 1. The van der Waals surface area contributed by atoms with Crippen LogP contribution in [0.4, 0.5) is 0 Å². The molecule has 0 spiro atoms. The molecule has 0 bridgehead atoms. The van der Waals surface area contributed by atoms with Crippen molar-refractivity contribution >= 4 is 5.97 Å². The Bertz CT molecular complexity index is 933. The van der Waals surface area contributed by atoms with Crippen LogP contribution < -0.4 is 0 Å². The Labute approximate surface area is 170 Å². The minimum atomic E-state index is -1.09. The standard InChI is InChI=1S/C24H26O5/c1-2-28-24-20(8-5-11-25)21(14-22(29-24)23(26)27)16-9-10-19-17(13-16)12-15-6-3-4-7-18(15)19/h3-4,6-7,9-10,13-14,20-21,24-25H,2,5,8,11-12H2,1H3,(H,26,27)/t20-,21-,24-/m0/s1. The Morgan fingerprint density at radius 2 is 1.97 bits per heavy atom. The van der Waals surface area contributed by atoms with Gasteiger partial charge in [0, 0.05) is 25.0 Å². The first-order valence-electron chi connectivity index (χ1n) is 10.2. The number of aliphatic hydroxyl groups is 1. The van der Waals surface area contributed by atoms with Gasteiger partial charge in [0.1, 0.15) is 0 Å². The lowest BCUT2D eigenvalue weighted by Crippen LogP contribution is -2.36. The molecule has 0 radical (unpaired) electrons. The normalized spacial score (nSPS) is 22.4. The largest absolute Gasteiger partial charge is 0.475 e. The first-order valence-corrected chi connectivity index (χ1v) is 10.2. The average molecular weight is 394 g/mol. The van der Waals surface area contributed by atoms with Gasteiger partial charge in [-0.05, 0) is 60.1 Å². The number of benzene rings is 2. The zero-order chi connectivity index (χ0) is 20.4. The zero-order valence-corrected chi connectivity index (χ0v) is 16.5. The van der Waals surface area contributed by atoms with Crippen LogP contribution >= 0.6 is 0 Å². The van der Waals surface area contributed by atoms with Gasteiger partial charge in [-0.2, -0.15) is 0 Å². The van der Waals surface area contributed by atoms with Crippen molar-refractivity contribution in [3.63, 3.8) is 0 Å². The predicted molar refractivity (Wildman–Crippen MR) is 109 cm³/mol. The van der Waals surface area contributed by atoms with Crippen LogP contribution in [0.25, 0.3) is 11.1 Å². The number of aliphatic carboxylic acids is 1. The third-order valence-electron chi connectivity index (χ3n) is 5.82. The second-order valence-corrected chi connectivity index (χ2v) is 7.58. The molecule has 5 nitrogen and oxygen atoms in total. The predicted octanol–water partition coefficient (Wildman–Crippen LogP) is 4.09. The molecule has 0 saturated heterocycles.